The second-order valence-corrected chi connectivity index (χ2v) is 5.01. The molecule has 0 saturated heterocycles. The monoisotopic (exact) mass is 260 g/mol. The predicted octanol–water partition coefficient (Wildman–Crippen LogP) is 3.04. The molecule has 0 fully saturated rings. The van der Waals surface area contributed by atoms with Crippen LogP contribution in [0.5, 0.6) is 0 Å². The lowest BCUT2D eigenvalue weighted by molar-refractivity contribution is -0.115. The van der Waals surface area contributed by atoms with Crippen molar-refractivity contribution in [3.05, 3.63) is 52.7 Å². The first-order valence-corrected chi connectivity index (χ1v) is 6.75. The van der Waals surface area contributed by atoms with Crippen molar-refractivity contribution in [3.8, 4) is 0 Å². The van der Waals surface area contributed by atoms with E-state index in [2.05, 4.69) is 23.6 Å². The molecular formula is C14H16N2OS. The van der Waals surface area contributed by atoms with Crippen molar-refractivity contribution in [2.24, 2.45) is 0 Å². The van der Waals surface area contributed by atoms with Crippen molar-refractivity contribution in [1.82, 2.24) is 5.32 Å². The van der Waals surface area contributed by atoms with Crippen molar-refractivity contribution < 1.29 is 4.79 Å². The molecule has 0 aliphatic heterocycles. The van der Waals surface area contributed by atoms with Crippen LogP contribution in [0.15, 0.2) is 47.8 Å². The molecule has 0 bridgehead atoms. The van der Waals surface area contributed by atoms with E-state index in [9.17, 15) is 4.79 Å². The maximum Gasteiger partial charge on any atom is 0.238 e. The van der Waals surface area contributed by atoms with E-state index in [0.717, 1.165) is 5.69 Å². The smallest absolute Gasteiger partial charge is 0.238 e. The van der Waals surface area contributed by atoms with Crippen LogP contribution in [0.4, 0.5) is 5.69 Å². The Morgan fingerprint density at radius 2 is 2.00 bits per heavy atom. The number of amides is 1. The van der Waals surface area contributed by atoms with Gasteiger partial charge in [-0.2, -0.15) is 0 Å². The van der Waals surface area contributed by atoms with Gasteiger partial charge in [-0.15, -0.1) is 11.3 Å². The van der Waals surface area contributed by atoms with E-state index in [4.69, 9.17) is 0 Å². The number of carbonyl (C=O) groups excluding carboxylic acids is 1. The van der Waals surface area contributed by atoms with Gasteiger partial charge in [0.2, 0.25) is 5.91 Å². The topological polar surface area (TPSA) is 41.1 Å². The molecule has 2 N–H and O–H groups in total. The third-order valence-corrected chi connectivity index (χ3v) is 3.65. The lowest BCUT2D eigenvalue weighted by Gasteiger charge is -2.12. The zero-order chi connectivity index (χ0) is 12.8. The number of para-hydroxylation sites is 1. The van der Waals surface area contributed by atoms with Crippen LogP contribution in [0.2, 0.25) is 0 Å². The number of carbonyl (C=O) groups is 1. The fourth-order valence-corrected chi connectivity index (χ4v) is 2.37. The number of nitrogens with one attached hydrogen (secondary N) is 2. The summed E-state index contributed by atoms with van der Waals surface area (Å²) in [4.78, 5) is 13.0. The van der Waals surface area contributed by atoms with Crippen molar-refractivity contribution in [2.75, 3.05) is 11.9 Å². The molecule has 0 unspecified atom stereocenters. The Hall–Kier alpha value is -1.65. The summed E-state index contributed by atoms with van der Waals surface area (Å²) in [5, 5.41) is 8.09. The van der Waals surface area contributed by atoms with Gasteiger partial charge in [0, 0.05) is 16.6 Å². The van der Waals surface area contributed by atoms with E-state index in [1.54, 1.807) is 11.3 Å². The van der Waals surface area contributed by atoms with Crippen LogP contribution in [0, 0.1) is 0 Å². The zero-order valence-electron chi connectivity index (χ0n) is 10.2. The summed E-state index contributed by atoms with van der Waals surface area (Å²) in [6.07, 6.45) is 0. The average molecular weight is 260 g/mol. The molecular weight excluding hydrogens is 244 g/mol. The van der Waals surface area contributed by atoms with Crippen LogP contribution < -0.4 is 10.6 Å². The Labute approximate surface area is 111 Å². The first-order valence-electron chi connectivity index (χ1n) is 5.87. The highest BCUT2D eigenvalue weighted by Gasteiger charge is 2.08. The van der Waals surface area contributed by atoms with Crippen LogP contribution in [0.25, 0.3) is 0 Å². The molecule has 18 heavy (non-hydrogen) atoms. The summed E-state index contributed by atoms with van der Waals surface area (Å²) < 4.78 is 0. The first-order chi connectivity index (χ1) is 8.75. The largest absolute Gasteiger partial charge is 0.325 e. The average Bonchev–Trinajstić information content (AvgIpc) is 2.91. The summed E-state index contributed by atoms with van der Waals surface area (Å²) in [6.45, 7) is 2.37. The molecule has 0 aliphatic rings. The molecule has 0 spiro atoms. The molecule has 1 heterocycles. The van der Waals surface area contributed by atoms with Crippen LogP contribution in [-0.2, 0) is 4.79 Å². The van der Waals surface area contributed by atoms with Gasteiger partial charge in [-0.3, -0.25) is 4.79 Å². The van der Waals surface area contributed by atoms with E-state index in [1.165, 1.54) is 4.88 Å². The summed E-state index contributed by atoms with van der Waals surface area (Å²) in [5.41, 5.74) is 0.827. The van der Waals surface area contributed by atoms with Crippen LogP contribution in [-0.4, -0.2) is 12.5 Å². The highest BCUT2D eigenvalue weighted by Crippen LogP contribution is 2.17. The van der Waals surface area contributed by atoms with E-state index >= 15 is 0 Å². The minimum atomic E-state index is -0.0235. The highest BCUT2D eigenvalue weighted by atomic mass is 32.1. The molecule has 1 aromatic heterocycles. The van der Waals surface area contributed by atoms with Gasteiger partial charge in [-0.25, -0.2) is 0 Å². The Kier molecular flexibility index (Phi) is 4.50. The molecule has 1 amide bonds. The molecule has 0 saturated carbocycles. The van der Waals surface area contributed by atoms with Crippen LogP contribution in [0.1, 0.15) is 17.8 Å². The van der Waals surface area contributed by atoms with Gasteiger partial charge in [0.25, 0.3) is 0 Å². The van der Waals surface area contributed by atoms with Crippen LogP contribution >= 0.6 is 11.3 Å². The molecule has 0 aliphatic carbocycles. The normalized spacial score (nSPS) is 12.1. The quantitative estimate of drug-likeness (QED) is 0.867. The van der Waals surface area contributed by atoms with E-state index in [1.807, 2.05) is 41.8 Å². The second-order valence-electron chi connectivity index (χ2n) is 4.03. The Balaban J connectivity index is 1.79. The standard InChI is InChI=1S/C14H16N2OS/c1-11(13-8-5-9-18-13)15-10-14(17)16-12-6-3-2-4-7-12/h2-9,11,15H,10H2,1H3,(H,16,17)/t11-/m1/s1. The number of rotatable bonds is 5. The van der Waals surface area contributed by atoms with Gasteiger partial charge in [0.05, 0.1) is 6.54 Å². The van der Waals surface area contributed by atoms with E-state index in [-0.39, 0.29) is 11.9 Å². The maximum absolute atomic E-state index is 11.7. The molecule has 4 heteroatoms. The molecule has 0 radical (unpaired) electrons. The minimum absolute atomic E-state index is 0.0235. The van der Waals surface area contributed by atoms with Crippen LogP contribution in [0.3, 0.4) is 0 Å². The molecule has 2 rings (SSSR count). The van der Waals surface area contributed by atoms with E-state index in [0.29, 0.717) is 6.54 Å². The summed E-state index contributed by atoms with van der Waals surface area (Å²) in [7, 11) is 0. The first kappa shape index (κ1) is 12.8. The van der Waals surface area contributed by atoms with Gasteiger partial charge in [-0.1, -0.05) is 24.3 Å². The lowest BCUT2D eigenvalue weighted by Crippen LogP contribution is -2.29. The Bertz CT molecular complexity index is 482. The number of benzene rings is 1. The third-order valence-electron chi connectivity index (χ3n) is 2.60. The molecule has 94 valence electrons. The Morgan fingerprint density at radius 1 is 1.22 bits per heavy atom. The van der Waals surface area contributed by atoms with E-state index < -0.39 is 0 Å². The second kappa shape index (κ2) is 6.33. The fourth-order valence-electron chi connectivity index (χ4n) is 1.61. The van der Waals surface area contributed by atoms with Crippen molar-refractivity contribution in [1.29, 1.82) is 0 Å². The molecule has 2 aromatic rings. The number of anilines is 1. The van der Waals surface area contributed by atoms with Gasteiger partial charge in [0.1, 0.15) is 0 Å². The SMILES string of the molecule is C[C@@H](NCC(=O)Nc1ccccc1)c1cccs1. The summed E-state index contributed by atoms with van der Waals surface area (Å²) in [6, 6.07) is 13.8. The molecule has 1 atom stereocenters. The maximum atomic E-state index is 11.7. The zero-order valence-corrected chi connectivity index (χ0v) is 11.0. The van der Waals surface area contributed by atoms with Gasteiger partial charge in [0.15, 0.2) is 0 Å². The van der Waals surface area contributed by atoms with Gasteiger partial charge in [-0.05, 0) is 30.5 Å². The summed E-state index contributed by atoms with van der Waals surface area (Å²) in [5.74, 6) is -0.0235. The predicted molar refractivity (Wildman–Crippen MR) is 75.8 cm³/mol. The molecule has 3 nitrogen and oxygen atoms in total. The van der Waals surface area contributed by atoms with Gasteiger partial charge < -0.3 is 10.6 Å². The molecule has 1 aromatic carbocycles. The van der Waals surface area contributed by atoms with Gasteiger partial charge >= 0.3 is 0 Å². The fraction of sp³-hybridized carbons (Fsp3) is 0.214. The third kappa shape index (κ3) is 3.68. The minimum Gasteiger partial charge on any atom is -0.325 e. The number of thiophene rings is 1. The summed E-state index contributed by atoms with van der Waals surface area (Å²) >= 11 is 1.69. The van der Waals surface area contributed by atoms with Crippen molar-refractivity contribution in [3.63, 3.8) is 0 Å². The lowest BCUT2D eigenvalue weighted by atomic mass is 10.2. The number of hydrogen-bond acceptors (Lipinski definition) is 3. The number of hydrogen-bond donors (Lipinski definition) is 2. The Morgan fingerprint density at radius 3 is 2.67 bits per heavy atom. The van der Waals surface area contributed by atoms with Crippen molar-refractivity contribution in [2.45, 2.75) is 13.0 Å². The van der Waals surface area contributed by atoms with Crippen molar-refractivity contribution >= 4 is 22.9 Å². The highest BCUT2D eigenvalue weighted by molar-refractivity contribution is 7.10.